The predicted molar refractivity (Wildman–Crippen MR) is 119 cm³/mol. The van der Waals surface area contributed by atoms with Crippen LogP contribution >= 0.6 is 0 Å². The normalized spacial score (nSPS) is 14.9. The van der Waals surface area contributed by atoms with Crippen molar-refractivity contribution in [1.29, 1.82) is 0 Å². The number of hydrogen-bond donors (Lipinski definition) is 1. The molecule has 0 bridgehead atoms. The Morgan fingerprint density at radius 3 is 2.37 bits per heavy atom. The van der Waals surface area contributed by atoms with Gasteiger partial charge in [-0.2, -0.15) is 0 Å². The summed E-state index contributed by atoms with van der Waals surface area (Å²) in [5, 5.41) is 3.43. The molecule has 0 atom stereocenters. The quantitative estimate of drug-likeness (QED) is 0.503. The van der Waals surface area contributed by atoms with E-state index in [4.69, 9.17) is 9.41 Å². The summed E-state index contributed by atoms with van der Waals surface area (Å²) in [6.07, 6.45) is 6.33. The fraction of sp³-hybridized carbons (Fsp3) is 0.636. The van der Waals surface area contributed by atoms with Crippen LogP contribution in [0.15, 0.2) is 35.3 Å². The number of anilines is 1. The molecule has 0 unspecified atom stereocenters. The molecule has 150 valence electrons. The number of nitrogens with zero attached hydrogens (tertiary/aromatic N) is 2. The second-order valence-corrected chi connectivity index (χ2v) is 13.8. The summed E-state index contributed by atoms with van der Waals surface area (Å²) in [5.74, 6) is 0.919. The molecule has 0 aliphatic carbocycles. The third kappa shape index (κ3) is 5.75. The highest BCUT2D eigenvalue weighted by Crippen LogP contribution is 2.42. The Hall–Kier alpha value is -1.46. The largest absolute Gasteiger partial charge is 0.410 e. The van der Waals surface area contributed by atoms with Gasteiger partial charge in [-0.1, -0.05) is 53.7 Å². The number of pyridine rings is 1. The van der Waals surface area contributed by atoms with Crippen molar-refractivity contribution < 1.29 is 4.43 Å². The molecule has 0 spiro atoms. The molecule has 2 heterocycles. The Bertz CT molecular complexity index is 631. The maximum absolute atomic E-state index is 6.68. The lowest BCUT2D eigenvalue weighted by atomic mass is 10.2. The van der Waals surface area contributed by atoms with Crippen molar-refractivity contribution >= 4 is 19.8 Å². The van der Waals surface area contributed by atoms with Gasteiger partial charge in [-0.3, -0.25) is 4.99 Å². The van der Waals surface area contributed by atoms with E-state index in [1.165, 1.54) is 5.71 Å². The van der Waals surface area contributed by atoms with Crippen molar-refractivity contribution in [2.45, 2.75) is 77.6 Å². The zero-order valence-corrected chi connectivity index (χ0v) is 19.0. The fourth-order valence-electron chi connectivity index (χ4n) is 4.39. The highest BCUT2D eigenvalue weighted by atomic mass is 28.4. The standard InChI is InChI=1S/C22H37N3OSi/c1-17(2)27(18(3)4,19(5)6)26-16-21-11-9-12-22(25-21)24-15-13-20-10-7-8-14-23-20/h7,9-12,17-19H,8,13-16H2,1-6H3,(H,24,25). The lowest BCUT2D eigenvalue weighted by Crippen LogP contribution is -2.47. The molecular formula is C22H37N3OSi. The first-order valence-electron chi connectivity index (χ1n) is 10.4. The number of nitrogens with one attached hydrogen (secondary N) is 1. The molecule has 1 N–H and O–H groups in total. The van der Waals surface area contributed by atoms with E-state index in [9.17, 15) is 0 Å². The van der Waals surface area contributed by atoms with Gasteiger partial charge in [0, 0.05) is 25.2 Å². The van der Waals surface area contributed by atoms with E-state index in [2.05, 4.69) is 76.1 Å². The molecular weight excluding hydrogens is 350 g/mol. The van der Waals surface area contributed by atoms with Crippen molar-refractivity contribution in [1.82, 2.24) is 4.98 Å². The molecule has 0 saturated carbocycles. The highest BCUT2D eigenvalue weighted by Gasteiger charge is 2.45. The van der Waals surface area contributed by atoms with E-state index < -0.39 is 8.32 Å². The van der Waals surface area contributed by atoms with Crippen molar-refractivity contribution in [3.63, 3.8) is 0 Å². The highest BCUT2D eigenvalue weighted by molar-refractivity contribution is 6.77. The first kappa shape index (κ1) is 21.8. The van der Waals surface area contributed by atoms with Gasteiger partial charge in [-0.15, -0.1) is 0 Å². The van der Waals surface area contributed by atoms with Crippen molar-refractivity contribution in [2.24, 2.45) is 4.99 Å². The van der Waals surface area contributed by atoms with Crippen LogP contribution in [0.5, 0.6) is 0 Å². The third-order valence-corrected chi connectivity index (χ3v) is 11.7. The smallest absolute Gasteiger partial charge is 0.200 e. The van der Waals surface area contributed by atoms with Crippen LogP contribution in [0.1, 0.15) is 60.1 Å². The second-order valence-electron chi connectivity index (χ2n) is 8.36. The lowest BCUT2D eigenvalue weighted by Gasteiger charge is -2.42. The van der Waals surface area contributed by atoms with E-state index >= 15 is 0 Å². The monoisotopic (exact) mass is 387 g/mol. The minimum atomic E-state index is -1.86. The summed E-state index contributed by atoms with van der Waals surface area (Å²) in [6.45, 7) is 16.3. The Kier molecular flexibility index (Phi) is 8.23. The average Bonchev–Trinajstić information content (AvgIpc) is 2.62. The molecule has 4 nitrogen and oxygen atoms in total. The average molecular weight is 388 g/mol. The molecule has 0 fully saturated rings. The maximum Gasteiger partial charge on any atom is 0.200 e. The van der Waals surface area contributed by atoms with Gasteiger partial charge in [-0.25, -0.2) is 4.98 Å². The Morgan fingerprint density at radius 2 is 1.78 bits per heavy atom. The Balaban J connectivity index is 1.96. The Morgan fingerprint density at radius 1 is 1.07 bits per heavy atom. The van der Waals surface area contributed by atoms with Crippen molar-refractivity contribution in [3.05, 3.63) is 36.0 Å². The van der Waals surface area contributed by atoms with Crippen molar-refractivity contribution in [3.8, 4) is 0 Å². The molecule has 1 aromatic heterocycles. The number of rotatable bonds is 10. The minimum Gasteiger partial charge on any atom is -0.410 e. The summed E-state index contributed by atoms with van der Waals surface area (Å²) >= 11 is 0. The lowest BCUT2D eigenvalue weighted by molar-refractivity contribution is 0.262. The molecule has 1 aromatic rings. The summed E-state index contributed by atoms with van der Waals surface area (Å²) in [6, 6.07) is 6.16. The van der Waals surface area contributed by atoms with Gasteiger partial charge < -0.3 is 9.74 Å². The molecule has 5 heteroatoms. The predicted octanol–water partition coefficient (Wildman–Crippen LogP) is 5.98. The first-order chi connectivity index (χ1) is 12.9. The molecule has 2 rings (SSSR count). The van der Waals surface area contributed by atoms with Gasteiger partial charge in [0.1, 0.15) is 5.82 Å². The minimum absolute atomic E-state index is 0.586. The van der Waals surface area contributed by atoms with E-state index in [0.29, 0.717) is 23.2 Å². The molecule has 0 amide bonds. The summed E-state index contributed by atoms with van der Waals surface area (Å²) in [4.78, 5) is 9.30. The van der Waals surface area contributed by atoms with Gasteiger partial charge >= 0.3 is 0 Å². The Labute approximate surface area is 166 Å². The van der Waals surface area contributed by atoms with E-state index in [1.807, 2.05) is 6.07 Å². The molecule has 0 aromatic carbocycles. The molecule has 0 saturated heterocycles. The third-order valence-electron chi connectivity index (χ3n) is 5.59. The van der Waals surface area contributed by atoms with Gasteiger partial charge in [-0.05, 0) is 41.3 Å². The van der Waals surface area contributed by atoms with Gasteiger partial charge in [0.15, 0.2) is 0 Å². The SMILES string of the molecule is CC(C)[Si](OCc1cccc(NCCC2=NCCC=C2)n1)(C(C)C)C(C)C. The topological polar surface area (TPSA) is 46.5 Å². The first-order valence-corrected chi connectivity index (χ1v) is 12.5. The maximum atomic E-state index is 6.68. The van der Waals surface area contributed by atoms with E-state index in [-0.39, 0.29) is 0 Å². The summed E-state index contributed by atoms with van der Waals surface area (Å²) in [5.41, 5.74) is 3.94. The van der Waals surface area contributed by atoms with Gasteiger partial charge in [0.2, 0.25) is 8.32 Å². The fourth-order valence-corrected chi connectivity index (χ4v) is 9.79. The number of allylic oxidation sites excluding steroid dienone is 1. The van der Waals surface area contributed by atoms with Crippen LogP contribution in [0.3, 0.4) is 0 Å². The van der Waals surface area contributed by atoms with E-state index in [0.717, 1.165) is 37.4 Å². The molecule has 1 aliphatic rings. The molecule has 27 heavy (non-hydrogen) atoms. The van der Waals surface area contributed by atoms with E-state index in [1.54, 1.807) is 0 Å². The van der Waals surface area contributed by atoms with Crippen LogP contribution in [0.2, 0.25) is 16.6 Å². The van der Waals surface area contributed by atoms with Gasteiger partial charge in [0.25, 0.3) is 0 Å². The zero-order chi connectivity index (χ0) is 19.9. The number of hydrogen-bond acceptors (Lipinski definition) is 4. The van der Waals surface area contributed by atoms with Crippen molar-refractivity contribution in [2.75, 3.05) is 18.4 Å². The van der Waals surface area contributed by atoms with Crippen LogP contribution in [0.4, 0.5) is 5.82 Å². The van der Waals surface area contributed by atoms with Crippen LogP contribution < -0.4 is 5.32 Å². The number of dihydropyridines is 1. The second kappa shape index (κ2) is 10.2. The summed E-state index contributed by atoms with van der Waals surface area (Å²) in [7, 11) is -1.86. The van der Waals surface area contributed by atoms with Crippen LogP contribution in [-0.2, 0) is 11.0 Å². The van der Waals surface area contributed by atoms with Crippen LogP contribution in [-0.4, -0.2) is 32.1 Å². The summed E-state index contributed by atoms with van der Waals surface area (Å²) < 4.78 is 6.68. The zero-order valence-electron chi connectivity index (χ0n) is 18.0. The molecule has 1 aliphatic heterocycles. The van der Waals surface area contributed by atoms with Gasteiger partial charge in [0.05, 0.1) is 12.3 Å². The number of aromatic nitrogens is 1. The molecule has 0 radical (unpaired) electrons. The van der Waals surface area contributed by atoms with Crippen LogP contribution in [0, 0.1) is 0 Å². The number of aliphatic imine (C=N–C) groups is 1. The van der Waals surface area contributed by atoms with Crippen LogP contribution in [0.25, 0.3) is 0 Å².